The summed E-state index contributed by atoms with van der Waals surface area (Å²) in [6.07, 6.45) is -5.02. The summed E-state index contributed by atoms with van der Waals surface area (Å²) in [5.41, 5.74) is 1.87. The molecule has 0 aliphatic heterocycles. The average molecular weight is 593 g/mol. The van der Waals surface area contributed by atoms with Crippen molar-refractivity contribution in [3.8, 4) is 0 Å². The number of benzene rings is 3. The summed E-state index contributed by atoms with van der Waals surface area (Å²) >= 11 is 0. The molecule has 0 heterocycles. The number of para-hydroxylation sites is 2. The van der Waals surface area contributed by atoms with Gasteiger partial charge in [0.2, 0.25) is 0 Å². The molecule has 1 unspecified atom stereocenters. The predicted molar refractivity (Wildman–Crippen MR) is 175 cm³/mol. The fraction of sp³-hybridized carbons (Fsp3) is 0.459. The van der Waals surface area contributed by atoms with Gasteiger partial charge in [-0.05, 0) is 65.3 Å². The van der Waals surface area contributed by atoms with Gasteiger partial charge in [0.1, 0.15) is 0 Å². The first kappa shape index (κ1) is 34.2. The van der Waals surface area contributed by atoms with Crippen LogP contribution in [0.1, 0.15) is 121 Å². The van der Waals surface area contributed by atoms with Crippen molar-refractivity contribution in [1.82, 2.24) is 0 Å². The van der Waals surface area contributed by atoms with Crippen LogP contribution in [0.2, 0.25) is 0 Å². The highest BCUT2D eigenvalue weighted by molar-refractivity contribution is 6.09. The zero-order valence-corrected chi connectivity index (χ0v) is 27.2. The van der Waals surface area contributed by atoms with E-state index in [2.05, 4.69) is 0 Å². The molecule has 1 atom stereocenters. The Kier molecular flexibility index (Phi) is 10.8. The van der Waals surface area contributed by atoms with Crippen LogP contribution in [0, 0.1) is 5.92 Å². The first-order valence-electron chi connectivity index (χ1n) is 15.2. The summed E-state index contributed by atoms with van der Waals surface area (Å²) in [6.45, 7) is 19.5. The number of aliphatic hydroxyl groups is 1. The van der Waals surface area contributed by atoms with Crippen LogP contribution in [0.3, 0.4) is 0 Å². The van der Waals surface area contributed by atoms with Gasteiger partial charge in [-0.2, -0.15) is 13.2 Å². The first-order chi connectivity index (χ1) is 20.0. The van der Waals surface area contributed by atoms with Crippen molar-refractivity contribution in [3.63, 3.8) is 0 Å². The number of hydrogen-bond acceptors (Lipinski definition) is 3. The van der Waals surface area contributed by atoms with Crippen LogP contribution in [0.5, 0.6) is 0 Å². The molecule has 6 heteroatoms. The number of alkyl halides is 3. The van der Waals surface area contributed by atoms with E-state index in [1.807, 2.05) is 91.8 Å². The molecule has 1 N–H and O–H groups in total. The SMILES string of the molecule is CC(=Nc1c(C(C)C)cccc1C(C)C)C(C(C)=Nc1c(C(C)C)cccc1C(C)C)C(O)(c1ccccc1)C(F)(F)F. The summed E-state index contributed by atoms with van der Waals surface area (Å²) in [4.78, 5) is 9.92. The monoisotopic (exact) mass is 592 g/mol. The molecule has 0 saturated heterocycles. The summed E-state index contributed by atoms with van der Waals surface area (Å²) < 4.78 is 45.9. The van der Waals surface area contributed by atoms with Gasteiger partial charge in [-0.3, -0.25) is 9.98 Å². The van der Waals surface area contributed by atoms with Gasteiger partial charge in [-0.1, -0.05) is 122 Å². The van der Waals surface area contributed by atoms with E-state index in [1.165, 1.54) is 24.3 Å². The van der Waals surface area contributed by atoms with Crippen LogP contribution in [0.4, 0.5) is 24.5 Å². The van der Waals surface area contributed by atoms with Crippen LogP contribution in [-0.4, -0.2) is 22.7 Å². The van der Waals surface area contributed by atoms with Crippen molar-refractivity contribution in [3.05, 3.63) is 94.5 Å². The highest BCUT2D eigenvalue weighted by Crippen LogP contribution is 2.47. The number of nitrogens with zero attached hydrogens (tertiary/aromatic N) is 2. The fourth-order valence-corrected chi connectivity index (χ4v) is 5.86. The van der Waals surface area contributed by atoms with Crippen molar-refractivity contribution in [2.45, 2.75) is 105 Å². The molecule has 43 heavy (non-hydrogen) atoms. The van der Waals surface area contributed by atoms with Gasteiger partial charge in [0, 0.05) is 11.4 Å². The van der Waals surface area contributed by atoms with Crippen LogP contribution in [0.25, 0.3) is 0 Å². The molecule has 3 aromatic carbocycles. The third-order valence-corrected chi connectivity index (χ3v) is 8.16. The molecule has 0 bridgehead atoms. The lowest BCUT2D eigenvalue weighted by molar-refractivity contribution is -0.271. The van der Waals surface area contributed by atoms with E-state index in [-0.39, 0.29) is 40.7 Å². The maximum Gasteiger partial charge on any atom is 0.422 e. The Morgan fingerprint density at radius 1 is 0.558 bits per heavy atom. The molecule has 232 valence electrons. The fourth-order valence-electron chi connectivity index (χ4n) is 5.86. The zero-order chi connectivity index (χ0) is 32.3. The predicted octanol–water partition coefficient (Wildman–Crippen LogP) is 11.1. The lowest BCUT2D eigenvalue weighted by Crippen LogP contribution is -2.53. The molecule has 0 fully saturated rings. The number of rotatable bonds is 10. The van der Waals surface area contributed by atoms with Crippen LogP contribution >= 0.6 is 0 Å². The first-order valence-corrected chi connectivity index (χ1v) is 15.2. The highest BCUT2D eigenvalue weighted by atomic mass is 19.4. The molecule has 0 aliphatic rings. The Balaban J connectivity index is 2.46. The van der Waals surface area contributed by atoms with E-state index in [9.17, 15) is 5.11 Å². The van der Waals surface area contributed by atoms with Crippen LogP contribution in [-0.2, 0) is 5.60 Å². The molecule has 0 aromatic heterocycles. The van der Waals surface area contributed by atoms with Crippen LogP contribution in [0.15, 0.2) is 76.7 Å². The van der Waals surface area contributed by atoms with Crippen molar-refractivity contribution in [1.29, 1.82) is 0 Å². The second-order valence-electron chi connectivity index (χ2n) is 12.8. The van der Waals surface area contributed by atoms with E-state index in [1.54, 1.807) is 19.9 Å². The standard InChI is InChI=1S/C37H47F3N2O/c1-22(2)29-18-14-19-30(23(3)4)34(29)41-26(9)33(36(43,37(38,39)40)28-16-12-11-13-17-28)27(10)42-35-31(24(5)6)20-15-21-32(35)25(7)8/h11-25,33,43H,1-10H3. The zero-order valence-electron chi connectivity index (χ0n) is 27.2. The molecular weight excluding hydrogens is 545 g/mol. The van der Waals surface area contributed by atoms with Gasteiger partial charge in [0.15, 0.2) is 5.60 Å². The second kappa shape index (κ2) is 13.6. The van der Waals surface area contributed by atoms with Gasteiger partial charge in [0.25, 0.3) is 0 Å². The van der Waals surface area contributed by atoms with E-state index in [0.717, 1.165) is 22.3 Å². The topological polar surface area (TPSA) is 45.0 Å². The number of halogens is 3. The Labute approximate surface area is 256 Å². The van der Waals surface area contributed by atoms with Gasteiger partial charge < -0.3 is 5.11 Å². The van der Waals surface area contributed by atoms with E-state index in [0.29, 0.717) is 11.4 Å². The van der Waals surface area contributed by atoms with Crippen molar-refractivity contribution < 1.29 is 18.3 Å². The van der Waals surface area contributed by atoms with E-state index >= 15 is 13.2 Å². The largest absolute Gasteiger partial charge is 0.422 e. The second-order valence-corrected chi connectivity index (χ2v) is 12.8. The summed E-state index contributed by atoms with van der Waals surface area (Å²) in [6, 6.07) is 19.1. The lowest BCUT2D eigenvalue weighted by Gasteiger charge is -2.38. The van der Waals surface area contributed by atoms with E-state index in [4.69, 9.17) is 9.98 Å². The third-order valence-electron chi connectivity index (χ3n) is 8.16. The minimum Gasteiger partial charge on any atom is -0.375 e. The van der Waals surface area contributed by atoms with Gasteiger partial charge >= 0.3 is 6.18 Å². The normalized spacial score (nSPS) is 15.5. The quantitative estimate of drug-likeness (QED) is 0.234. The maximum absolute atomic E-state index is 15.3. The Bertz CT molecular complexity index is 1320. The average Bonchev–Trinajstić information content (AvgIpc) is 2.92. The Hall–Kier alpha value is -3.25. The molecule has 0 spiro atoms. The lowest BCUT2D eigenvalue weighted by atomic mass is 9.75. The molecule has 0 saturated carbocycles. The van der Waals surface area contributed by atoms with Gasteiger partial charge in [-0.15, -0.1) is 0 Å². The third kappa shape index (κ3) is 7.12. The number of aliphatic imine (C=N–C) groups is 2. The van der Waals surface area contributed by atoms with Gasteiger partial charge in [0.05, 0.1) is 17.3 Å². The number of hydrogen-bond donors (Lipinski definition) is 1. The summed E-state index contributed by atoms with van der Waals surface area (Å²) in [7, 11) is 0. The summed E-state index contributed by atoms with van der Waals surface area (Å²) in [5.74, 6) is -1.20. The van der Waals surface area contributed by atoms with Gasteiger partial charge in [-0.25, -0.2) is 0 Å². The smallest absolute Gasteiger partial charge is 0.375 e. The van der Waals surface area contributed by atoms with E-state index < -0.39 is 17.7 Å². The molecule has 3 aromatic rings. The maximum atomic E-state index is 15.3. The van der Waals surface area contributed by atoms with Crippen molar-refractivity contribution in [2.24, 2.45) is 15.9 Å². The summed E-state index contributed by atoms with van der Waals surface area (Å²) in [5, 5.41) is 12.0. The molecular formula is C37H47F3N2O. The molecule has 0 radical (unpaired) electrons. The Morgan fingerprint density at radius 2 is 0.884 bits per heavy atom. The molecule has 0 aliphatic carbocycles. The van der Waals surface area contributed by atoms with Crippen molar-refractivity contribution >= 4 is 22.8 Å². The van der Waals surface area contributed by atoms with Crippen LogP contribution < -0.4 is 0 Å². The molecule has 0 amide bonds. The minimum absolute atomic E-state index is 0.0978. The molecule has 3 rings (SSSR count). The highest BCUT2D eigenvalue weighted by Gasteiger charge is 2.61. The Morgan fingerprint density at radius 3 is 1.16 bits per heavy atom. The molecule has 3 nitrogen and oxygen atoms in total. The van der Waals surface area contributed by atoms with Crippen molar-refractivity contribution in [2.75, 3.05) is 0 Å². The minimum atomic E-state index is -5.02.